The minimum atomic E-state index is 0.361. The van der Waals surface area contributed by atoms with Crippen molar-refractivity contribution in [3.8, 4) is 17.1 Å². The summed E-state index contributed by atoms with van der Waals surface area (Å²) in [7, 11) is 0. The first-order valence-corrected chi connectivity index (χ1v) is 8.11. The van der Waals surface area contributed by atoms with Crippen LogP contribution in [-0.2, 0) is 6.54 Å². The Balaban J connectivity index is 1.84. The van der Waals surface area contributed by atoms with Gasteiger partial charge in [0.1, 0.15) is 5.75 Å². The van der Waals surface area contributed by atoms with Gasteiger partial charge in [0.25, 0.3) is 0 Å². The first-order chi connectivity index (χ1) is 10.8. The molecule has 1 fully saturated rings. The summed E-state index contributed by atoms with van der Waals surface area (Å²) in [5.41, 5.74) is 1.92. The SMILES string of the molecule is CCC1CCCCN1Cc1cc(-c2ncccn2)ccc1O. The molecule has 0 amide bonds. The number of likely N-dealkylation sites (tertiary alicyclic amines) is 1. The number of rotatable bonds is 4. The van der Waals surface area contributed by atoms with Crippen LogP contribution < -0.4 is 0 Å². The fraction of sp³-hybridized carbons (Fsp3) is 0.444. The van der Waals surface area contributed by atoms with Crippen LogP contribution in [0.3, 0.4) is 0 Å². The van der Waals surface area contributed by atoms with Crippen LogP contribution in [0.5, 0.6) is 5.75 Å². The molecule has 116 valence electrons. The van der Waals surface area contributed by atoms with Gasteiger partial charge in [0, 0.05) is 36.1 Å². The molecule has 1 aliphatic heterocycles. The van der Waals surface area contributed by atoms with Crippen molar-refractivity contribution < 1.29 is 5.11 Å². The van der Waals surface area contributed by atoms with Gasteiger partial charge >= 0.3 is 0 Å². The Kier molecular flexibility index (Phi) is 4.68. The first kappa shape index (κ1) is 15.0. The Morgan fingerprint density at radius 1 is 1.23 bits per heavy atom. The number of phenolic OH excluding ortho intramolecular Hbond substituents is 1. The molecule has 1 aromatic heterocycles. The zero-order valence-electron chi connectivity index (χ0n) is 13.1. The molecule has 4 nitrogen and oxygen atoms in total. The third-order valence-corrected chi connectivity index (χ3v) is 4.50. The van der Waals surface area contributed by atoms with Crippen molar-refractivity contribution in [2.45, 2.75) is 45.2 Å². The standard InChI is InChI=1S/C18H23N3O/c1-2-16-6-3-4-11-21(16)13-15-12-14(7-8-17(15)22)18-19-9-5-10-20-18/h5,7-10,12,16,22H,2-4,6,11,13H2,1H3. The quantitative estimate of drug-likeness (QED) is 0.936. The number of hydrogen-bond donors (Lipinski definition) is 1. The van der Waals surface area contributed by atoms with E-state index in [9.17, 15) is 5.11 Å². The summed E-state index contributed by atoms with van der Waals surface area (Å²) in [4.78, 5) is 11.1. The van der Waals surface area contributed by atoms with E-state index in [1.807, 2.05) is 18.2 Å². The molecular formula is C18H23N3O. The van der Waals surface area contributed by atoms with Crippen LogP contribution in [0, 0.1) is 0 Å². The Morgan fingerprint density at radius 2 is 2.05 bits per heavy atom. The second kappa shape index (κ2) is 6.88. The van der Waals surface area contributed by atoms with Crippen molar-refractivity contribution in [1.29, 1.82) is 0 Å². The molecule has 3 rings (SSSR count). The second-order valence-corrected chi connectivity index (χ2v) is 5.94. The fourth-order valence-corrected chi connectivity index (χ4v) is 3.25. The van der Waals surface area contributed by atoms with Crippen molar-refractivity contribution >= 4 is 0 Å². The highest BCUT2D eigenvalue weighted by molar-refractivity contribution is 5.58. The van der Waals surface area contributed by atoms with Gasteiger partial charge in [0.15, 0.2) is 5.82 Å². The van der Waals surface area contributed by atoms with Gasteiger partial charge in [-0.05, 0) is 50.1 Å². The lowest BCUT2D eigenvalue weighted by atomic mass is 9.98. The van der Waals surface area contributed by atoms with Gasteiger partial charge in [-0.1, -0.05) is 13.3 Å². The number of aromatic hydroxyl groups is 1. The maximum atomic E-state index is 10.2. The zero-order valence-corrected chi connectivity index (χ0v) is 13.1. The Hall–Kier alpha value is -1.94. The monoisotopic (exact) mass is 297 g/mol. The third kappa shape index (κ3) is 3.28. The van der Waals surface area contributed by atoms with Gasteiger partial charge in [-0.3, -0.25) is 4.90 Å². The van der Waals surface area contributed by atoms with Gasteiger partial charge < -0.3 is 5.11 Å². The molecule has 0 bridgehead atoms. The molecule has 0 saturated carbocycles. The van der Waals surface area contributed by atoms with Crippen molar-refractivity contribution in [3.05, 3.63) is 42.2 Å². The fourth-order valence-electron chi connectivity index (χ4n) is 3.25. The van der Waals surface area contributed by atoms with Crippen molar-refractivity contribution in [2.75, 3.05) is 6.54 Å². The zero-order chi connectivity index (χ0) is 15.4. The second-order valence-electron chi connectivity index (χ2n) is 5.94. The Bertz CT molecular complexity index is 615. The molecule has 2 heterocycles. The van der Waals surface area contributed by atoms with Gasteiger partial charge in [-0.2, -0.15) is 0 Å². The molecule has 1 unspecified atom stereocenters. The van der Waals surface area contributed by atoms with Gasteiger partial charge in [-0.25, -0.2) is 9.97 Å². The Labute approximate surface area is 131 Å². The van der Waals surface area contributed by atoms with E-state index in [-0.39, 0.29) is 0 Å². The number of nitrogens with zero attached hydrogens (tertiary/aromatic N) is 3. The smallest absolute Gasteiger partial charge is 0.159 e. The summed E-state index contributed by atoms with van der Waals surface area (Å²) >= 11 is 0. The van der Waals surface area contributed by atoms with Gasteiger partial charge in [0.2, 0.25) is 0 Å². The van der Waals surface area contributed by atoms with Crippen LogP contribution in [0.2, 0.25) is 0 Å². The number of benzene rings is 1. The topological polar surface area (TPSA) is 49.2 Å². The lowest BCUT2D eigenvalue weighted by molar-refractivity contribution is 0.135. The van der Waals surface area contributed by atoms with Crippen molar-refractivity contribution in [1.82, 2.24) is 14.9 Å². The van der Waals surface area contributed by atoms with E-state index >= 15 is 0 Å². The summed E-state index contributed by atoms with van der Waals surface area (Å²) in [6, 6.07) is 8.09. The molecule has 1 aliphatic rings. The summed E-state index contributed by atoms with van der Waals surface area (Å²) in [6.07, 6.45) is 8.48. The molecule has 1 N–H and O–H groups in total. The lowest BCUT2D eigenvalue weighted by Crippen LogP contribution is -2.38. The predicted molar refractivity (Wildman–Crippen MR) is 87.5 cm³/mol. The molecule has 0 spiro atoms. The summed E-state index contributed by atoms with van der Waals surface area (Å²) in [5, 5.41) is 10.2. The number of hydrogen-bond acceptors (Lipinski definition) is 4. The first-order valence-electron chi connectivity index (χ1n) is 8.11. The molecule has 1 aromatic carbocycles. The summed E-state index contributed by atoms with van der Waals surface area (Å²) in [6.45, 7) is 4.16. The van der Waals surface area contributed by atoms with Crippen LogP contribution in [0.1, 0.15) is 38.2 Å². The molecule has 4 heteroatoms. The summed E-state index contributed by atoms with van der Waals surface area (Å²) < 4.78 is 0. The van der Waals surface area contributed by atoms with E-state index in [0.717, 1.165) is 24.2 Å². The average Bonchev–Trinajstić information content (AvgIpc) is 2.58. The maximum absolute atomic E-state index is 10.2. The third-order valence-electron chi connectivity index (χ3n) is 4.50. The van der Waals surface area contributed by atoms with E-state index in [2.05, 4.69) is 21.8 Å². The number of aromatic nitrogens is 2. The van der Waals surface area contributed by atoms with E-state index < -0.39 is 0 Å². The number of phenols is 1. The normalized spacial score (nSPS) is 19.2. The van der Waals surface area contributed by atoms with E-state index in [1.54, 1.807) is 18.5 Å². The predicted octanol–water partition coefficient (Wildman–Crippen LogP) is 3.61. The van der Waals surface area contributed by atoms with Crippen LogP contribution in [0.15, 0.2) is 36.7 Å². The van der Waals surface area contributed by atoms with E-state index in [1.165, 1.54) is 25.7 Å². The Morgan fingerprint density at radius 3 is 2.82 bits per heavy atom. The van der Waals surface area contributed by atoms with E-state index in [0.29, 0.717) is 17.6 Å². The van der Waals surface area contributed by atoms with Crippen molar-refractivity contribution in [2.24, 2.45) is 0 Å². The number of piperidine rings is 1. The minimum Gasteiger partial charge on any atom is -0.508 e. The molecule has 2 aromatic rings. The van der Waals surface area contributed by atoms with Crippen molar-refractivity contribution in [3.63, 3.8) is 0 Å². The minimum absolute atomic E-state index is 0.361. The molecule has 1 atom stereocenters. The highest BCUT2D eigenvalue weighted by atomic mass is 16.3. The summed E-state index contributed by atoms with van der Waals surface area (Å²) in [5.74, 6) is 1.06. The largest absolute Gasteiger partial charge is 0.508 e. The maximum Gasteiger partial charge on any atom is 0.159 e. The molecule has 1 saturated heterocycles. The van der Waals surface area contributed by atoms with E-state index in [4.69, 9.17) is 0 Å². The van der Waals surface area contributed by atoms with Crippen LogP contribution in [0.4, 0.5) is 0 Å². The highest BCUT2D eigenvalue weighted by Crippen LogP contribution is 2.28. The van der Waals surface area contributed by atoms with Gasteiger partial charge in [0.05, 0.1) is 0 Å². The van der Waals surface area contributed by atoms with Crippen LogP contribution in [-0.4, -0.2) is 32.6 Å². The van der Waals surface area contributed by atoms with Crippen LogP contribution >= 0.6 is 0 Å². The molecule has 0 aliphatic carbocycles. The molecule has 0 radical (unpaired) electrons. The molecule has 22 heavy (non-hydrogen) atoms. The van der Waals surface area contributed by atoms with Crippen LogP contribution in [0.25, 0.3) is 11.4 Å². The average molecular weight is 297 g/mol. The highest BCUT2D eigenvalue weighted by Gasteiger charge is 2.21. The van der Waals surface area contributed by atoms with Gasteiger partial charge in [-0.15, -0.1) is 0 Å². The molecular weight excluding hydrogens is 274 g/mol. The lowest BCUT2D eigenvalue weighted by Gasteiger charge is -2.35.